The van der Waals surface area contributed by atoms with Crippen LogP contribution in [-0.2, 0) is 13.5 Å². The highest BCUT2D eigenvalue weighted by molar-refractivity contribution is 5.64. The Labute approximate surface area is 108 Å². The summed E-state index contributed by atoms with van der Waals surface area (Å²) in [6.07, 6.45) is 4.74. The summed E-state index contributed by atoms with van der Waals surface area (Å²) in [6, 6.07) is 10.3. The molecule has 2 rings (SSSR count). The predicted molar refractivity (Wildman–Crippen MR) is 75.3 cm³/mol. The molecule has 0 aliphatic heterocycles. The van der Waals surface area contributed by atoms with Crippen LogP contribution in [-0.4, -0.2) is 22.6 Å². The monoisotopic (exact) mass is 241 g/mol. The van der Waals surface area contributed by atoms with Crippen LogP contribution in [0.1, 0.15) is 11.4 Å². The molecule has 0 unspecified atom stereocenters. The minimum Gasteiger partial charge on any atom is -0.338 e. The van der Waals surface area contributed by atoms with E-state index in [4.69, 9.17) is 0 Å². The number of rotatable bonds is 6. The van der Waals surface area contributed by atoms with Crippen molar-refractivity contribution in [2.45, 2.75) is 6.42 Å². The molecule has 1 N–H and O–H groups in total. The van der Waals surface area contributed by atoms with Gasteiger partial charge in [-0.15, -0.1) is 0 Å². The minimum absolute atomic E-state index is 0.814. The molecule has 0 aliphatic rings. The summed E-state index contributed by atoms with van der Waals surface area (Å²) >= 11 is 0. The highest BCUT2D eigenvalue weighted by Crippen LogP contribution is 2.09. The van der Waals surface area contributed by atoms with E-state index >= 15 is 0 Å². The van der Waals surface area contributed by atoms with Crippen molar-refractivity contribution in [3.8, 4) is 0 Å². The number of aryl methyl sites for hydroxylation is 1. The molecule has 0 fully saturated rings. The Balaban J connectivity index is 1.73. The van der Waals surface area contributed by atoms with Gasteiger partial charge in [-0.25, -0.2) is 4.98 Å². The van der Waals surface area contributed by atoms with Crippen LogP contribution in [0.5, 0.6) is 0 Å². The lowest BCUT2D eigenvalue weighted by Gasteiger charge is -2.08. The van der Waals surface area contributed by atoms with Crippen LogP contribution in [0.3, 0.4) is 0 Å². The molecule has 0 saturated carbocycles. The summed E-state index contributed by atoms with van der Waals surface area (Å²) in [6.45, 7) is 5.82. The third kappa shape index (κ3) is 3.31. The van der Waals surface area contributed by atoms with Gasteiger partial charge in [-0.2, -0.15) is 0 Å². The van der Waals surface area contributed by atoms with E-state index in [1.165, 1.54) is 5.56 Å². The van der Waals surface area contributed by atoms with Gasteiger partial charge in [0.2, 0.25) is 0 Å². The maximum absolute atomic E-state index is 4.29. The zero-order chi connectivity index (χ0) is 12.8. The van der Waals surface area contributed by atoms with Gasteiger partial charge in [0.25, 0.3) is 0 Å². The molecule has 1 aromatic carbocycles. The van der Waals surface area contributed by atoms with Crippen LogP contribution in [0.15, 0.2) is 49.3 Å². The molecule has 0 atom stereocenters. The quantitative estimate of drug-likeness (QED) is 0.786. The van der Waals surface area contributed by atoms with Crippen molar-refractivity contribution in [2.24, 2.45) is 7.05 Å². The molecule has 3 heteroatoms. The molecule has 0 amide bonds. The Morgan fingerprint density at radius 3 is 2.78 bits per heavy atom. The fourth-order valence-corrected chi connectivity index (χ4v) is 1.85. The molecule has 1 aromatic heterocycles. The Morgan fingerprint density at radius 1 is 1.33 bits per heavy atom. The normalized spacial score (nSPS) is 10.5. The average molecular weight is 241 g/mol. The summed E-state index contributed by atoms with van der Waals surface area (Å²) in [4.78, 5) is 4.29. The van der Waals surface area contributed by atoms with E-state index in [9.17, 15) is 0 Å². The summed E-state index contributed by atoms with van der Waals surface area (Å²) < 4.78 is 2.05. The second-order valence-corrected chi connectivity index (χ2v) is 4.35. The van der Waals surface area contributed by atoms with Crippen molar-refractivity contribution < 1.29 is 0 Å². The molecule has 0 aliphatic carbocycles. The molecule has 18 heavy (non-hydrogen) atoms. The van der Waals surface area contributed by atoms with E-state index in [1.807, 2.05) is 42.2 Å². The van der Waals surface area contributed by atoms with Crippen LogP contribution in [0.4, 0.5) is 0 Å². The number of aromatic nitrogens is 2. The van der Waals surface area contributed by atoms with Crippen LogP contribution in [0, 0.1) is 0 Å². The molecule has 1 heterocycles. The lowest BCUT2D eigenvalue weighted by atomic mass is 10.1. The second-order valence-electron chi connectivity index (χ2n) is 4.35. The number of hydrogen-bond donors (Lipinski definition) is 1. The summed E-state index contributed by atoms with van der Waals surface area (Å²) in [5.74, 6) is 1.10. The topological polar surface area (TPSA) is 29.9 Å². The van der Waals surface area contributed by atoms with Crippen molar-refractivity contribution >= 4 is 5.57 Å². The number of benzene rings is 1. The first-order valence-electron chi connectivity index (χ1n) is 6.17. The van der Waals surface area contributed by atoms with Crippen LogP contribution >= 0.6 is 0 Å². The Hall–Kier alpha value is -1.87. The standard InChI is InChI=1S/C15H19N3/c1-13(14-6-4-3-5-7-14)12-16-9-8-15-17-10-11-18(15)2/h3-7,10-11,16H,1,8-9,12H2,2H3. The minimum atomic E-state index is 0.814. The smallest absolute Gasteiger partial charge is 0.109 e. The average Bonchev–Trinajstić information content (AvgIpc) is 2.81. The van der Waals surface area contributed by atoms with E-state index in [2.05, 4.69) is 29.0 Å². The van der Waals surface area contributed by atoms with E-state index in [0.29, 0.717) is 0 Å². The molecule has 3 nitrogen and oxygen atoms in total. The van der Waals surface area contributed by atoms with E-state index in [1.54, 1.807) is 0 Å². The van der Waals surface area contributed by atoms with Crippen LogP contribution < -0.4 is 5.32 Å². The first-order valence-corrected chi connectivity index (χ1v) is 6.17. The first kappa shape index (κ1) is 12.6. The largest absolute Gasteiger partial charge is 0.338 e. The summed E-state index contributed by atoms with van der Waals surface area (Å²) in [7, 11) is 2.02. The molecular formula is C15H19N3. The van der Waals surface area contributed by atoms with Gasteiger partial charge in [0.05, 0.1) is 0 Å². The zero-order valence-electron chi connectivity index (χ0n) is 10.8. The third-order valence-corrected chi connectivity index (χ3v) is 2.97. The molecule has 94 valence electrons. The maximum atomic E-state index is 4.29. The predicted octanol–water partition coefficient (Wildman–Crippen LogP) is 2.27. The van der Waals surface area contributed by atoms with Crippen molar-refractivity contribution in [1.29, 1.82) is 0 Å². The highest BCUT2D eigenvalue weighted by Gasteiger charge is 2.00. The second kappa shape index (κ2) is 6.17. The molecule has 0 bridgehead atoms. The van der Waals surface area contributed by atoms with Crippen molar-refractivity contribution in [3.05, 3.63) is 60.7 Å². The van der Waals surface area contributed by atoms with E-state index in [-0.39, 0.29) is 0 Å². The number of imidazole rings is 1. The fraction of sp³-hybridized carbons (Fsp3) is 0.267. The number of nitrogens with one attached hydrogen (secondary N) is 1. The first-order chi connectivity index (χ1) is 8.77. The molecule has 0 spiro atoms. The molecule has 0 saturated heterocycles. The summed E-state index contributed by atoms with van der Waals surface area (Å²) in [5.41, 5.74) is 2.32. The van der Waals surface area contributed by atoms with Gasteiger partial charge in [-0.05, 0) is 11.1 Å². The third-order valence-electron chi connectivity index (χ3n) is 2.97. The molecule has 2 aromatic rings. The van der Waals surface area contributed by atoms with Gasteiger partial charge < -0.3 is 9.88 Å². The van der Waals surface area contributed by atoms with Crippen LogP contribution in [0.25, 0.3) is 5.57 Å². The van der Waals surface area contributed by atoms with E-state index in [0.717, 1.165) is 30.9 Å². The lowest BCUT2D eigenvalue weighted by Crippen LogP contribution is -2.20. The Morgan fingerprint density at radius 2 is 2.11 bits per heavy atom. The highest BCUT2D eigenvalue weighted by atomic mass is 15.0. The zero-order valence-corrected chi connectivity index (χ0v) is 10.8. The summed E-state index contributed by atoms with van der Waals surface area (Å²) in [5, 5.41) is 3.40. The molecular weight excluding hydrogens is 222 g/mol. The van der Waals surface area contributed by atoms with Gasteiger partial charge >= 0.3 is 0 Å². The number of nitrogens with zero attached hydrogens (tertiary/aromatic N) is 2. The SMILES string of the molecule is C=C(CNCCc1nccn1C)c1ccccc1. The van der Waals surface area contributed by atoms with Gasteiger partial charge in [-0.1, -0.05) is 36.9 Å². The van der Waals surface area contributed by atoms with Gasteiger partial charge in [-0.3, -0.25) is 0 Å². The lowest BCUT2D eigenvalue weighted by molar-refractivity contribution is 0.697. The van der Waals surface area contributed by atoms with Crippen molar-refractivity contribution in [1.82, 2.24) is 14.9 Å². The van der Waals surface area contributed by atoms with Gasteiger partial charge in [0.15, 0.2) is 0 Å². The van der Waals surface area contributed by atoms with Crippen molar-refractivity contribution in [3.63, 3.8) is 0 Å². The van der Waals surface area contributed by atoms with Gasteiger partial charge in [0, 0.05) is 39.0 Å². The van der Waals surface area contributed by atoms with Crippen molar-refractivity contribution in [2.75, 3.05) is 13.1 Å². The molecule has 0 radical (unpaired) electrons. The Bertz CT molecular complexity index is 499. The fourth-order valence-electron chi connectivity index (χ4n) is 1.85. The Kier molecular flexibility index (Phi) is 4.31. The number of hydrogen-bond acceptors (Lipinski definition) is 2. The van der Waals surface area contributed by atoms with Gasteiger partial charge in [0.1, 0.15) is 5.82 Å². The maximum Gasteiger partial charge on any atom is 0.109 e. The van der Waals surface area contributed by atoms with Crippen LogP contribution in [0.2, 0.25) is 0 Å². The van der Waals surface area contributed by atoms with E-state index < -0.39 is 0 Å².